The van der Waals surface area contributed by atoms with Crippen molar-refractivity contribution in [2.75, 3.05) is 10.6 Å². The van der Waals surface area contributed by atoms with E-state index in [-0.39, 0.29) is 18.2 Å². The zero-order valence-corrected chi connectivity index (χ0v) is 23.2. The molecule has 3 N–H and O–H groups in total. The van der Waals surface area contributed by atoms with Crippen LogP contribution in [0.4, 0.5) is 16.4 Å². The van der Waals surface area contributed by atoms with Crippen molar-refractivity contribution in [2.45, 2.75) is 70.7 Å². The number of carbonyl (C=O) groups excluding carboxylic acids is 1. The topological polar surface area (TPSA) is 105 Å². The Morgan fingerprint density at radius 3 is 2.62 bits per heavy atom. The fraction of sp³-hybridized carbons (Fsp3) is 0.379. The number of amides is 1. The fourth-order valence-electron chi connectivity index (χ4n) is 4.78. The van der Waals surface area contributed by atoms with Crippen LogP contribution in [0.3, 0.4) is 0 Å². The number of fused-ring (bicyclic) bond motifs is 1. The predicted molar refractivity (Wildman–Crippen MR) is 154 cm³/mol. The molecule has 1 aliphatic carbocycles. The molecule has 10 heteroatoms. The van der Waals surface area contributed by atoms with Crippen LogP contribution < -0.4 is 16.0 Å². The highest BCUT2D eigenvalue weighted by atomic mass is 35.5. The third-order valence-electron chi connectivity index (χ3n) is 6.59. The van der Waals surface area contributed by atoms with Gasteiger partial charge in [-0.05, 0) is 76.3 Å². The maximum absolute atomic E-state index is 12.1. The number of rotatable bonds is 7. The molecule has 0 radical (unpaired) electrons. The number of hydrogen-bond acceptors (Lipinski definition) is 7. The molecule has 1 aromatic carbocycles. The second kappa shape index (κ2) is 11.5. The molecular formula is C29H34ClN7O2. The van der Waals surface area contributed by atoms with Crippen molar-refractivity contribution < 1.29 is 9.53 Å². The summed E-state index contributed by atoms with van der Waals surface area (Å²) in [6, 6.07) is 14.0. The Bertz CT molecular complexity index is 1440. The van der Waals surface area contributed by atoms with Crippen LogP contribution in [-0.4, -0.2) is 43.1 Å². The number of halogens is 1. The number of hydrogen-bond donors (Lipinski definition) is 3. The molecular weight excluding hydrogens is 514 g/mol. The minimum atomic E-state index is -0.499. The number of anilines is 2. The number of benzene rings is 1. The van der Waals surface area contributed by atoms with E-state index in [1.54, 1.807) is 6.20 Å². The van der Waals surface area contributed by atoms with Crippen LogP contribution in [0.5, 0.6) is 0 Å². The summed E-state index contributed by atoms with van der Waals surface area (Å²) < 4.78 is 7.40. The second-order valence-electron chi connectivity index (χ2n) is 10.8. The second-order valence-corrected chi connectivity index (χ2v) is 11.3. The molecule has 9 nitrogen and oxygen atoms in total. The number of ether oxygens (including phenoxy) is 1. The summed E-state index contributed by atoms with van der Waals surface area (Å²) in [4.78, 5) is 26.2. The standard InChI is InChI=1S/C29H34ClN7O2/c1-29(2,3)39-28(38)35-22-12-10-21(11-13-22)34-26-27-33-18-24(37(27)15-14-31-26)23-8-5-9-25(36-23)32-17-19-6-4-7-20(30)16-19/h4-9,14-16,18,21-22H,10-13,17H2,1-3H3,(H,31,34)(H,32,36)(H,35,38). The molecule has 0 atom stereocenters. The molecule has 0 bridgehead atoms. The lowest BCUT2D eigenvalue weighted by Crippen LogP contribution is -2.42. The Morgan fingerprint density at radius 2 is 1.85 bits per heavy atom. The minimum absolute atomic E-state index is 0.116. The zero-order chi connectivity index (χ0) is 27.4. The summed E-state index contributed by atoms with van der Waals surface area (Å²) in [7, 11) is 0. The molecule has 0 saturated heterocycles. The number of alkyl carbamates (subject to hydrolysis) is 1. The summed E-state index contributed by atoms with van der Waals surface area (Å²) in [5.41, 5.74) is 3.03. The van der Waals surface area contributed by atoms with Gasteiger partial charge in [-0.1, -0.05) is 29.8 Å². The molecule has 0 spiro atoms. The van der Waals surface area contributed by atoms with Gasteiger partial charge in [0.2, 0.25) is 0 Å². The van der Waals surface area contributed by atoms with Gasteiger partial charge in [0.25, 0.3) is 0 Å². The highest BCUT2D eigenvalue weighted by Crippen LogP contribution is 2.27. The first-order chi connectivity index (χ1) is 18.7. The van der Waals surface area contributed by atoms with Gasteiger partial charge in [-0.2, -0.15) is 0 Å². The highest BCUT2D eigenvalue weighted by molar-refractivity contribution is 6.30. The van der Waals surface area contributed by atoms with E-state index in [0.717, 1.165) is 59.9 Å². The fourth-order valence-corrected chi connectivity index (χ4v) is 4.99. The van der Waals surface area contributed by atoms with Gasteiger partial charge in [-0.3, -0.25) is 4.40 Å². The van der Waals surface area contributed by atoms with E-state index >= 15 is 0 Å². The monoisotopic (exact) mass is 547 g/mol. The van der Waals surface area contributed by atoms with E-state index in [4.69, 9.17) is 21.3 Å². The number of nitrogens with one attached hydrogen (secondary N) is 3. The lowest BCUT2D eigenvalue weighted by atomic mass is 9.91. The first-order valence-corrected chi connectivity index (χ1v) is 13.7. The van der Waals surface area contributed by atoms with Crippen LogP contribution in [0.25, 0.3) is 17.0 Å². The maximum atomic E-state index is 12.1. The lowest BCUT2D eigenvalue weighted by Gasteiger charge is -2.30. The Kier molecular flexibility index (Phi) is 7.88. The first-order valence-electron chi connectivity index (χ1n) is 13.3. The normalized spacial score (nSPS) is 17.5. The van der Waals surface area contributed by atoms with E-state index in [0.29, 0.717) is 11.6 Å². The van der Waals surface area contributed by atoms with Gasteiger partial charge in [0.05, 0.1) is 17.6 Å². The van der Waals surface area contributed by atoms with Crippen LogP contribution in [0.2, 0.25) is 5.02 Å². The van der Waals surface area contributed by atoms with Gasteiger partial charge >= 0.3 is 6.09 Å². The van der Waals surface area contributed by atoms with Crippen molar-refractivity contribution in [3.63, 3.8) is 0 Å². The molecule has 1 amide bonds. The van der Waals surface area contributed by atoms with E-state index in [1.165, 1.54) is 0 Å². The van der Waals surface area contributed by atoms with Crippen molar-refractivity contribution in [3.8, 4) is 11.4 Å². The molecule has 1 saturated carbocycles. The Balaban J connectivity index is 1.23. The average molecular weight is 548 g/mol. The molecule has 0 unspecified atom stereocenters. The van der Waals surface area contributed by atoms with Crippen LogP contribution >= 0.6 is 11.6 Å². The molecule has 3 aromatic heterocycles. The largest absolute Gasteiger partial charge is 0.444 e. The lowest BCUT2D eigenvalue weighted by molar-refractivity contribution is 0.0492. The Hall–Kier alpha value is -3.85. The summed E-state index contributed by atoms with van der Waals surface area (Å²) in [6.07, 6.45) is 8.73. The zero-order valence-electron chi connectivity index (χ0n) is 22.4. The molecule has 1 aliphatic rings. The maximum Gasteiger partial charge on any atom is 0.407 e. The highest BCUT2D eigenvalue weighted by Gasteiger charge is 2.25. The molecule has 0 aliphatic heterocycles. The third kappa shape index (κ3) is 6.97. The smallest absolute Gasteiger partial charge is 0.407 e. The van der Waals surface area contributed by atoms with E-state index < -0.39 is 5.60 Å². The van der Waals surface area contributed by atoms with Gasteiger partial charge in [-0.25, -0.2) is 19.7 Å². The summed E-state index contributed by atoms with van der Waals surface area (Å²) >= 11 is 6.11. The van der Waals surface area contributed by atoms with Gasteiger partial charge < -0.3 is 20.7 Å². The predicted octanol–water partition coefficient (Wildman–Crippen LogP) is 6.30. The quantitative estimate of drug-likeness (QED) is 0.249. The summed E-state index contributed by atoms with van der Waals surface area (Å²) in [5, 5.41) is 10.7. The first kappa shape index (κ1) is 26.7. The number of pyridine rings is 1. The number of imidazole rings is 1. The van der Waals surface area contributed by atoms with Crippen molar-refractivity contribution in [2.24, 2.45) is 0 Å². The number of carbonyl (C=O) groups is 1. The molecule has 5 rings (SSSR count). The summed E-state index contributed by atoms with van der Waals surface area (Å²) in [6.45, 7) is 6.23. The molecule has 3 heterocycles. The van der Waals surface area contributed by atoms with Crippen molar-refractivity contribution in [1.82, 2.24) is 24.7 Å². The number of nitrogens with zero attached hydrogens (tertiary/aromatic N) is 4. The Labute approximate surface area is 233 Å². The van der Waals surface area contributed by atoms with Crippen molar-refractivity contribution >= 4 is 35.0 Å². The van der Waals surface area contributed by atoms with Crippen LogP contribution in [0.15, 0.2) is 61.1 Å². The molecule has 1 fully saturated rings. The average Bonchev–Trinajstić information content (AvgIpc) is 3.33. The van der Waals surface area contributed by atoms with E-state index in [2.05, 4.69) is 25.9 Å². The number of aromatic nitrogens is 4. The van der Waals surface area contributed by atoms with Gasteiger partial charge in [0.15, 0.2) is 11.5 Å². The van der Waals surface area contributed by atoms with Crippen molar-refractivity contribution in [3.05, 3.63) is 71.6 Å². The van der Waals surface area contributed by atoms with Crippen LogP contribution in [0.1, 0.15) is 52.0 Å². The Morgan fingerprint density at radius 1 is 1.08 bits per heavy atom. The minimum Gasteiger partial charge on any atom is -0.444 e. The SMILES string of the molecule is CC(C)(C)OC(=O)NC1CCC(Nc2nccn3c(-c4cccc(NCc5cccc(Cl)c5)n4)cnc23)CC1. The van der Waals surface area contributed by atoms with Gasteiger partial charge in [0.1, 0.15) is 11.4 Å². The molecule has 4 aromatic rings. The van der Waals surface area contributed by atoms with Crippen LogP contribution in [0, 0.1) is 0 Å². The summed E-state index contributed by atoms with van der Waals surface area (Å²) in [5.74, 6) is 1.51. The van der Waals surface area contributed by atoms with E-state index in [9.17, 15) is 4.79 Å². The van der Waals surface area contributed by atoms with Gasteiger partial charge in [0, 0.05) is 36.0 Å². The van der Waals surface area contributed by atoms with Gasteiger partial charge in [-0.15, -0.1) is 0 Å². The molecule has 204 valence electrons. The van der Waals surface area contributed by atoms with E-state index in [1.807, 2.05) is 80.0 Å². The third-order valence-corrected chi connectivity index (χ3v) is 6.83. The van der Waals surface area contributed by atoms with Crippen molar-refractivity contribution in [1.29, 1.82) is 0 Å². The van der Waals surface area contributed by atoms with Crippen LogP contribution in [-0.2, 0) is 11.3 Å². The molecule has 39 heavy (non-hydrogen) atoms.